The van der Waals surface area contributed by atoms with Gasteiger partial charge in [-0.25, -0.2) is 4.39 Å². The van der Waals surface area contributed by atoms with Gasteiger partial charge in [0.15, 0.2) is 0 Å². The number of hydrogen-bond acceptors (Lipinski definition) is 3. The van der Waals surface area contributed by atoms with Gasteiger partial charge in [0, 0.05) is 43.4 Å². The molecular weight excluding hydrogens is 343 g/mol. The van der Waals surface area contributed by atoms with Crippen LogP contribution >= 0.6 is 0 Å². The fourth-order valence-electron chi connectivity index (χ4n) is 3.93. The highest BCUT2D eigenvalue weighted by Crippen LogP contribution is 2.35. The third-order valence-electron chi connectivity index (χ3n) is 5.42. The molecule has 2 heterocycles. The number of nitrogens with one attached hydrogen (secondary N) is 1. The van der Waals surface area contributed by atoms with Gasteiger partial charge in [0.1, 0.15) is 5.82 Å². The van der Waals surface area contributed by atoms with Crippen molar-refractivity contribution in [2.75, 3.05) is 13.1 Å². The molecule has 27 heavy (non-hydrogen) atoms. The lowest BCUT2D eigenvalue weighted by atomic mass is 9.80. The number of benzene rings is 1. The highest BCUT2D eigenvalue weighted by Gasteiger charge is 2.38. The van der Waals surface area contributed by atoms with E-state index in [1.54, 1.807) is 12.1 Å². The topological polar surface area (TPSA) is 50.2 Å². The second-order valence-electron chi connectivity index (χ2n) is 7.25. The van der Waals surface area contributed by atoms with Crippen molar-refractivity contribution in [2.24, 2.45) is 0 Å². The molecule has 144 valence electrons. The lowest BCUT2D eigenvalue weighted by molar-refractivity contribution is -0.121. The van der Waals surface area contributed by atoms with Gasteiger partial charge in [-0.15, -0.1) is 6.58 Å². The fourth-order valence-corrected chi connectivity index (χ4v) is 3.93. The first-order valence-corrected chi connectivity index (χ1v) is 9.33. The Morgan fingerprint density at radius 3 is 2.70 bits per heavy atom. The second kappa shape index (κ2) is 8.05. The average Bonchev–Trinajstić information content (AvgIpc) is 2.97. The first-order valence-electron chi connectivity index (χ1n) is 9.33. The maximum absolute atomic E-state index is 14.5. The van der Waals surface area contributed by atoms with Crippen LogP contribution in [0.3, 0.4) is 0 Å². The Morgan fingerprint density at radius 2 is 2.07 bits per heavy atom. The Balaban J connectivity index is 1.74. The Kier molecular flexibility index (Phi) is 5.75. The summed E-state index contributed by atoms with van der Waals surface area (Å²) in [6, 6.07) is 6.75. The third-order valence-corrected chi connectivity index (χ3v) is 5.42. The third kappa shape index (κ3) is 4.11. The van der Waals surface area contributed by atoms with Gasteiger partial charge in [-0.1, -0.05) is 24.3 Å². The normalized spacial score (nSPS) is 16.9. The molecule has 1 N–H and O–H groups in total. The zero-order valence-corrected chi connectivity index (χ0v) is 16.0. The van der Waals surface area contributed by atoms with Crippen LogP contribution in [-0.2, 0) is 23.4 Å². The molecule has 1 fully saturated rings. The number of likely N-dealkylation sites (tertiary alicyclic amines) is 1. The highest BCUT2D eigenvalue weighted by molar-refractivity contribution is 5.74. The number of halogens is 1. The summed E-state index contributed by atoms with van der Waals surface area (Å²) in [6.45, 7) is 10.4. The molecule has 0 saturated carbocycles. The summed E-state index contributed by atoms with van der Waals surface area (Å²) < 4.78 is 16.4. The van der Waals surface area contributed by atoms with Gasteiger partial charge in [-0.3, -0.25) is 14.4 Å². The van der Waals surface area contributed by atoms with Crippen LogP contribution in [0.15, 0.2) is 43.1 Å². The van der Waals surface area contributed by atoms with Crippen LogP contribution in [0.5, 0.6) is 0 Å². The summed E-state index contributed by atoms with van der Waals surface area (Å²) in [5.41, 5.74) is 2.27. The zero-order valence-electron chi connectivity index (χ0n) is 16.0. The van der Waals surface area contributed by atoms with Crippen molar-refractivity contribution in [3.05, 3.63) is 65.8 Å². The molecule has 3 rings (SSSR count). The van der Waals surface area contributed by atoms with E-state index >= 15 is 0 Å². The van der Waals surface area contributed by atoms with Crippen LogP contribution in [0.4, 0.5) is 4.39 Å². The predicted molar refractivity (Wildman–Crippen MR) is 104 cm³/mol. The van der Waals surface area contributed by atoms with E-state index in [1.165, 1.54) is 18.6 Å². The molecular formula is C21H27FN4O. The number of nitrogens with zero attached hydrogens (tertiary/aromatic N) is 3. The fraction of sp³-hybridized carbons (Fsp3) is 0.429. The van der Waals surface area contributed by atoms with Crippen molar-refractivity contribution >= 4 is 5.91 Å². The van der Waals surface area contributed by atoms with E-state index in [4.69, 9.17) is 0 Å². The quantitative estimate of drug-likeness (QED) is 0.795. The Labute approximate surface area is 159 Å². The van der Waals surface area contributed by atoms with Crippen molar-refractivity contribution in [3.8, 4) is 0 Å². The molecule has 0 radical (unpaired) electrons. The molecule has 0 atom stereocenters. The molecule has 5 nitrogen and oxygen atoms in total. The number of allylic oxidation sites excluding steroid dienone is 1. The average molecular weight is 370 g/mol. The molecule has 0 spiro atoms. The Bertz CT molecular complexity index is 821. The summed E-state index contributed by atoms with van der Waals surface area (Å²) in [4.78, 5) is 14.2. The Morgan fingerprint density at radius 1 is 1.37 bits per heavy atom. The molecule has 6 heteroatoms. The van der Waals surface area contributed by atoms with E-state index in [1.807, 2.05) is 23.0 Å². The van der Waals surface area contributed by atoms with Crippen molar-refractivity contribution in [2.45, 2.75) is 45.3 Å². The first kappa shape index (κ1) is 19.3. The van der Waals surface area contributed by atoms with Gasteiger partial charge < -0.3 is 5.32 Å². The first-order chi connectivity index (χ1) is 12.9. The standard InChI is InChI=1S/C21H27FN4O/c1-4-11-26-16(2)18(14-23-26)15-25-12-9-21(10-13-25,24-17(3)27)19-7-5-6-8-20(19)22/h4-8,14H,1,9-13,15H2,2-3H3,(H,24,27). The molecule has 1 aliphatic heterocycles. The number of carbonyl (C=O) groups excluding carboxylic acids is 1. The van der Waals surface area contributed by atoms with Crippen molar-refractivity contribution < 1.29 is 9.18 Å². The molecule has 1 aliphatic rings. The van der Waals surface area contributed by atoms with Gasteiger partial charge in [-0.2, -0.15) is 5.10 Å². The number of rotatable bonds is 6. The summed E-state index contributed by atoms with van der Waals surface area (Å²) in [5.74, 6) is -0.394. The molecule has 1 amide bonds. The number of hydrogen-bond donors (Lipinski definition) is 1. The number of carbonyl (C=O) groups is 1. The van der Waals surface area contributed by atoms with E-state index in [0.29, 0.717) is 24.9 Å². The second-order valence-corrected chi connectivity index (χ2v) is 7.25. The summed E-state index contributed by atoms with van der Waals surface area (Å²) in [5, 5.41) is 7.45. The van der Waals surface area contributed by atoms with Crippen LogP contribution < -0.4 is 5.32 Å². The molecule has 1 aromatic carbocycles. The highest BCUT2D eigenvalue weighted by atomic mass is 19.1. The van der Waals surface area contributed by atoms with E-state index < -0.39 is 5.54 Å². The van der Waals surface area contributed by atoms with Crippen LogP contribution in [0.2, 0.25) is 0 Å². The predicted octanol–water partition coefficient (Wildman–Crippen LogP) is 3.14. The summed E-state index contributed by atoms with van der Waals surface area (Å²) in [6.07, 6.45) is 5.09. The van der Waals surface area contributed by atoms with E-state index in [9.17, 15) is 9.18 Å². The lowest BCUT2D eigenvalue weighted by Gasteiger charge is -2.42. The smallest absolute Gasteiger partial charge is 0.217 e. The molecule has 2 aromatic rings. The SMILES string of the molecule is C=CCn1ncc(CN2CCC(NC(C)=O)(c3ccccc3F)CC2)c1C. The van der Waals surface area contributed by atoms with Crippen LogP contribution in [0, 0.1) is 12.7 Å². The van der Waals surface area contributed by atoms with Crippen LogP contribution in [0.25, 0.3) is 0 Å². The molecule has 0 unspecified atom stereocenters. The number of piperidine rings is 1. The Hall–Kier alpha value is -2.47. The minimum atomic E-state index is -0.643. The molecule has 0 aliphatic carbocycles. The van der Waals surface area contributed by atoms with E-state index in [-0.39, 0.29) is 11.7 Å². The number of aromatic nitrogens is 2. The van der Waals surface area contributed by atoms with Crippen LogP contribution in [0.1, 0.15) is 36.6 Å². The minimum Gasteiger partial charge on any atom is -0.347 e. The summed E-state index contributed by atoms with van der Waals surface area (Å²) >= 11 is 0. The lowest BCUT2D eigenvalue weighted by Crippen LogP contribution is -2.52. The van der Waals surface area contributed by atoms with E-state index in [2.05, 4.69) is 28.8 Å². The van der Waals surface area contributed by atoms with Crippen LogP contribution in [-0.4, -0.2) is 33.7 Å². The van der Waals surface area contributed by atoms with Gasteiger partial charge >= 0.3 is 0 Å². The zero-order chi connectivity index (χ0) is 19.4. The largest absolute Gasteiger partial charge is 0.347 e. The monoisotopic (exact) mass is 370 g/mol. The van der Waals surface area contributed by atoms with Crippen molar-refractivity contribution in [1.82, 2.24) is 20.0 Å². The maximum Gasteiger partial charge on any atom is 0.217 e. The van der Waals surface area contributed by atoms with Gasteiger partial charge in [0.05, 0.1) is 18.3 Å². The maximum atomic E-state index is 14.5. The molecule has 0 bridgehead atoms. The molecule has 1 saturated heterocycles. The van der Waals surface area contributed by atoms with E-state index in [0.717, 1.165) is 25.3 Å². The van der Waals surface area contributed by atoms with Gasteiger partial charge in [0.2, 0.25) is 5.91 Å². The van der Waals surface area contributed by atoms with Crippen molar-refractivity contribution in [1.29, 1.82) is 0 Å². The minimum absolute atomic E-state index is 0.131. The molecule has 1 aromatic heterocycles. The van der Waals surface area contributed by atoms with Crippen molar-refractivity contribution in [3.63, 3.8) is 0 Å². The number of amides is 1. The van der Waals surface area contributed by atoms with Gasteiger partial charge in [-0.05, 0) is 25.8 Å². The summed E-state index contributed by atoms with van der Waals surface area (Å²) in [7, 11) is 0. The van der Waals surface area contributed by atoms with Gasteiger partial charge in [0.25, 0.3) is 0 Å².